The van der Waals surface area contributed by atoms with Crippen LogP contribution >= 0.6 is 0 Å². The third kappa shape index (κ3) is 7.36. The molecular formula is C36H28N8O7. The molecule has 0 aliphatic heterocycles. The summed E-state index contributed by atoms with van der Waals surface area (Å²) in [5, 5.41) is 51.0. The number of non-ortho nitro benzene ring substituents is 1. The SMILES string of the molecule is COc1cc(/C=N\c2c(N=Nc3ccc(Nc4ccccc4)cc3OC)c(-c3ccccc3)nn2-c2ccc([N+](=O)[O-])cc2[N+](=O)[O-])ccc1O. The Morgan fingerprint density at radius 2 is 1.51 bits per heavy atom. The Morgan fingerprint density at radius 3 is 2.20 bits per heavy atom. The molecule has 0 aliphatic rings. The summed E-state index contributed by atoms with van der Waals surface area (Å²) in [5.74, 6) is 0.533. The fourth-order valence-electron chi connectivity index (χ4n) is 5.06. The van der Waals surface area contributed by atoms with Crippen LogP contribution in [0.5, 0.6) is 17.2 Å². The molecule has 1 heterocycles. The fraction of sp³-hybridized carbons (Fsp3) is 0.0556. The van der Waals surface area contributed by atoms with E-state index in [4.69, 9.17) is 14.6 Å². The van der Waals surface area contributed by atoms with Gasteiger partial charge in [-0.3, -0.25) is 20.2 Å². The van der Waals surface area contributed by atoms with E-state index in [1.807, 2.05) is 42.5 Å². The average Bonchev–Trinajstić information content (AvgIpc) is 3.52. The van der Waals surface area contributed by atoms with Gasteiger partial charge in [-0.1, -0.05) is 48.5 Å². The van der Waals surface area contributed by atoms with Crippen molar-refractivity contribution < 1.29 is 24.4 Å². The number of anilines is 2. The van der Waals surface area contributed by atoms with Gasteiger partial charge in [0.25, 0.3) is 5.69 Å². The van der Waals surface area contributed by atoms with E-state index in [0.717, 1.165) is 23.5 Å². The lowest BCUT2D eigenvalue weighted by Crippen LogP contribution is -2.03. The fourth-order valence-corrected chi connectivity index (χ4v) is 5.06. The maximum absolute atomic E-state index is 12.3. The summed E-state index contributed by atoms with van der Waals surface area (Å²) in [4.78, 5) is 27.0. The number of aromatic hydroxyl groups is 1. The number of phenols is 1. The molecule has 0 fully saturated rings. The molecule has 6 rings (SSSR count). The van der Waals surface area contributed by atoms with E-state index in [9.17, 15) is 25.3 Å². The number of nitro groups is 2. The third-order valence-electron chi connectivity index (χ3n) is 7.52. The van der Waals surface area contributed by atoms with Crippen LogP contribution < -0.4 is 14.8 Å². The van der Waals surface area contributed by atoms with Crippen LogP contribution in [0.25, 0.3) is 16.9 Å². The Labute approximate surface area is 290 Å². The number of azo groups is 1. The van der Waals surface area contributed by atoms with Crippen LogP contribution in [0.15, 0.2) is 130 Å². The summed E-state index contributed by atoms with van der Waals surface area (Å²) >= 11 is 0. The van der Waals surface area contributed by atoms with E-state index in [2.05, 4.69) is 20.5 Å². The lowest BCUT2D eigenvalue weighted by molar-refractivity contribution is -0.394. The summed E-state index contributed by atoms with van der Waals surface area (Å²) in [6.45, 7) is 0. The van der Waals surface area contributed by atoms with Crippen LogP contribution in [0.3, 0.4) is 0 Å². The van der Waals surface area contributed by atoms with Gasteiger partial charge in [0.1, 0.15) is 22.8 Å². The normalized spacial score (nSPS) is 11.2. The maximum atomic E-state index is 12.3. The van der Waals surface area contributed by atoms with Crippen LogP contribution in [0.1, 0.15) is 5.56 Å². The number of nitrogens with zero attached hydrogens (tertiary/aromatic N) is 7. The summed E-state index contributed by atoms with van der Waals surface area (Å²) in [6, 6.07) is 31.6. The lowest BCUT2D eigenvalue weighted by atomic mass is 10.1. The van der Waals surface area contributed by atoms with Gasteiger partial charge in [-0.05, 0) is 54.1 Å². The number of methoxy groups -OCH3 is 2. The third-order valence-corrected chi connectivity index (χ3v) is 7.52. The second-order valence-corrected chi connectivity index (χ2v) is 10.8. The highest BCUT2D eigenvalue weighted by atomic mass is 16.6. The molecule has 2 N–H and O–H groups in total. The van der Waals surface area contributed by atoms with Crippen molar-refractivity contribution in [2.75, 3.05) is 19.5 Å². The van der Waals surface area contributed by atoms with Gasteiger partial charge in [0.15, 0.2) is 23.0 Å². The Hall–Kier alpha value is -7.42. The minimum absolute atomic E-state index is 0.0166. The molecule has 0 aliphatic carbocycles. The summed E-state index contributed by atoms with van der Waals surface area (Å²) in [5.41, 5.74) is 2.32. The first-order valence-electron chi connectivity index (χ1n) is 15.2. The maximum Gasteiger partial charge on any atom is 0.301 e. The predicted octanol–water partition coefficient (Wildman–Crippen LogP) is 8.99. The van der Waals surface area contributed by atoms with E-state index in [1.54, 1.807) is 48.5 Å². The molecular weight excluding hydrogens is 656 g/mol. The molecule has 254 valence electrons. The smallest absolute Gasteiger partial charge is 0.301 e. The molecule has 51 heavy (non-hydrogen) atoms. The highest BCUT2D eigenvalue weighted by molar-refractivity contribution is 5.88. The molecule has 0 unspecified atom stereocenters. The van der Waals surface area contributed by atoms with Crippen molar-refractivity contribution in [3.8, 4) is 34.2 Å². The topological polar surface area (TPSA) is 192 Å². The van der Waals surface area contributed by atoms with Gasteiger partial charge in [0.2, 0.25) is 0 Å². The van der Waals surface area contributed by atoms with Crippen LogP contribution in [-0.4, -0.2) is 45.2 Å². The Bertz CT molecular complexity index is 2290. The Morgan fingerprint density at radius 1 is 0.784 bits per heavy atom. The number of hydrogen-bond donors (Lipinski definition) is 2. The molecule has 0 atom stereocenters. The second kappa shape index (κ2) is 14.8. The second-order valence-electron chi connectivity index (χ2n) is 10.8. The first-order valence-corrected chi connectivity index (χ1v) is 15.2. The number of benzene rings is 5. The number of nitro benzene ring substituents is 2. The summed E-state index contributed by atoms with van der Waals surface area (Å²) in [7, 11) is 2.91. The molecule has 0 bridgehead atoms. The number of hydrogen-bond acceptors (Lipinski definition) is 12. The molecule has 1 aromatic heterocycles. The minimum Gasteiger partial charge on any atom is -0.504 e. The summed E-state index contributed by atoms with van der Waals surface area (Å²) in [6.07, 6.45) is 1.44. The average molecular weight is 685 g/mol. The molecule has 15 heteroatoms. The molecule has 0 saturated heterocycles. The Balaban J connectivity index is 1.55. The zero-order chi connectivity index (χ0) is 35.9. The standard InChI is InChI=1S/C36H28N8O7/c1-50-32-20-26(38-25-11-7-4-8-12-25)14-16-28(32)39-40-35-34(24-9-5-3-6-10-24)41-42(29-17-15-27(43(46)47)21-30(29)44(48)49)36(35)37-22-23-13-18-31(45)33(19-23)51-2/h3-22,38,45H,1-2H3/b37-22-,40-39?. The van der Waals surface area contributed by atoms with Crippen LogP contribution in [-0.2, 0) is 0 Å². The zero-order valence-electron chi connectivity index (χ0n) is 27.1. The lowest BCUT2D eigenvalue weighted by Gasteiger charge is -2.09. The summed E-state index contributed by atoms with van der Waals surface area (Å²) < 4.78 is 12.1. The number of para-hydroxylation sites is 1. The highest BCUT2D eigenvalue weighted by Crippen LogP contribution is 2.44. The number of phenolic OH excluding ortho intramolecular Hbond substituents is 1. The molecule has 0 spiro atoms. The minimum atomic E-state index is -0.734. The van der Waals surface area contributed by atoms with Crippen LogP contribution in [0.4, 0.5) is 39.9 Å². The molecule has 6 aromatic rings. The number of nitrogens with one attached hydrogen (secondary N) is 1. The van der Waals surface area contributed by atoms with Crippen LogP contribution in [0.2, 0.25) is 0 Å². The molecule has 0 radical (unpaired) electrons. The van der Waals surface area contributed by atoms with Gasteiger partial charge in [-0.2, -0.15) is 5.10 Å². The van der Waals surface area contributed by atoms with Gasteiger partial charge in [-0.25, -0.2) is 9.67 Å². The van der Waals surface area contributed by atoms with E-state index in [0.29, 0.717) is 22.6 Å². The molecule has 15 nitrogen and oxygen atoms in total. The van der Waals surface area contributed by atoms with Crippen molar-refractivity contribution in [3.05, 3.63) is 141 Å². The first kappa shape index (κ1) is 33.5. The Kier molecular flexibility index (Phi) is 9.70. The zero-order valence-corrected chi connectivity index (χ0v) is 27.1. The number of aliphatic imine (C=N–C) groups is 1. The van der Waals surface area contributed by atoms with E-state index in [-0.39, 0.29) is 34.4 Å². The molecule has 5 aromatic carbocycles. The van der Waals surface area contributed by atoms with Gasteiger partial charge in [-0.15, -0.1) is 10.2 Å². The monoisotopic (exact) mass is 684 g/mol. The highest BCUT2D eigenvalue weighted by Gasteiger charge is 2.27. The number of rotatable bonds is 12. The van der Waals surface area contributed by atoms with Gasteiger partial charge >= 0.3 is 5.69 Å². The van der Waals surface area contributed by atoms with Crippen molar-refractivity contribution in [1.82, 2.24) is 9.78 Å². The number of ether oxygens (including phenoxy) is 2. The van der Waals surface area contributed by atoms with Crippen molar-refractivity contribution in [2.45, 2.75) is 0 Å². The van der Waals surface area contributed by atoms with Crippen molar-refractivity contribution in [3.63, 3.8) is 0 Å². The van der Waals surface area contributed by atoms with Crippen LogP contribution in [0, 0.1) is 20.2 Å². The predicted molar refractivity (Wildman–Crippen MR) is 191 cm³/mol. The van der Waals surface area contributed by atoms with Crippen molar-refractivity contribution in [1.29, 1.82) is 0 Å². The number of aromatic nitrogens is 2. The van der Waals surface area contributed by atoms with Crippen molar-refractivity contribution >= 4 is 46.2 Å². The van der Waals surface area contributed by atoms with Gasteiger partial charge < -0.3 is 19.9 Å². The largest absolute Gasteiger partial charge is 0.504 e. The van der Waals surface area contributed by atoms with E-state index < -0.39 is 21.2 Å². The first-order chi connectivity index (χ1) is 24.7. The van der Waals surface area contributed by atoms with Crippen molar-refractivity contribution in [2.24, 2.45) is 15.2 Å². The van der Waals surface area contributed by atoms with E-state index >= 15 is 0 Å². The molecule has 0 saturated carbocycles. The van der Waals surface area contributed by atoms with Gasteiger partial charge in [0.05, 0.1) is 30.1 Å². The van der Waals surface area contributed by atoms with Gasteiger partial charge in [0, 0.05) is 35.3 Å². The quantitative estimate of drug-likeness (QED) is 0.0548. The molecule has 0 amide bonds. The van der Waals surface area contributed by atoms with E-state index in [1.165, 1.54) is 37.2 Å².